The Kier molecular flexibility index (Phi) is 7.22. The first-order chi connectivity index (χ1) is 14.4. The van der Waals surface area contributed by atoms with Gasteiger partial charge in [0.05, 0.1) is 6.42 Å². The van der Waals surface area contributed by atoms with Gasteiger partial charge in [-0.1, -0.05) is 74.5 Å². The maximum Gasteiger partial charge on any atom is 0.330 e. The minimum atomic E-state index is -1.05. The Morgan fingerprint density at radius 3 is 2.13 bits per heavy atom. The van der Waals surface area contributed by atoms with Crippen LogP contribution in [0.4, 0.5) is 0 Å². The molecule has 2 aromatic rings. The Hall–Kier alpha value is -3.15. The number of benzene rings is 2. The zero-order chi connectivity index (χ0) is 21.5. The van der Waals surface area contributed by atoms with Crippen LogP contribution in [0.15, 0.2) is 60.7 Å². The highest BCUT2D eigenvalue weighted by molar-refractivity contribution is 5.89. The van der Waals surface area contributed by atoms with Crippen LogP contribution in [0.3, 0.4) is 0 Å². The number of esters is 1. The number of rotatable bonds is 9. The summed E-state index contributed by atoms with van der Waals surface area (Å²) < 4.78 is 5.64. The Labute approximate surface area is 177 Å². The van der Waals surface area contributed by atoms with Gasteiger partial charge < -0.3 is 15.4 Å². The van der Waals surface area contributed by atoms with Gasteiger partial charge in [-0.2, -0.15) is 0 Å². The molecule has 30 heavy (non-hydrogen) atoms. The van der Waals surface area contributed by atoms with Gasteiger partial charge in [-0.15, -0.1) is 0 Å². The lowest BCUT2D eigenvalue weighted by molar-refractivity contribution is -0.160. The third-order valence-corrected chi connectivity index (χ3v) is 4.94. The molecule has 0 saturated heterocycles. The van der Waals surface area contributed by atoms with Gasteiger partial charge in [0, 0.05) is 11.6 Å². The summed E-state index contributed by atoms with van der Waals surface area (Å²) in [5.41, 5.74) is 1.46. The van der Waals surface area contributed by atoms with Crippen molar-refractivity contribution in [1.29, 1.82) is 0 Å². The first-order valence-electron chi connectivity index (χ1n) is 10.3. The molecular weight excluding hydrogens is 380 g/mol. The van der Waals surface area contributed by atoms with E-state index in [0.29, 0.717) is 5.56 Å². The van der Waals surface area contributed by atoms with E-state index in [1.165, 1.54) is 0 Å². The molecule has 0 aliphatic heterocycles. The van der Waals surface area contributed by atoms with Crippen molar-refractivity contribution in [2.24, 2.45) is 5.92 Å². The Balaban J connectivity index is 1.69. The molecular formula is C24H28N2O4. The molecule has 2 N–H and O–H groups in total. The van der Waals surface area contributed by atoms with Crippen molar-refractivity contribution in [3.8, 4) is 0 Å². The molecule has 0 aromatic heterocycles. The highest BCUT2D eigenvalue weighted by Gasteiger charge is 2.34. The van der Waals surface area contributed by atoms with E-state index in [1.54, 1.807) is 24.3 Å². The van der Waals surface area contributed by atoms with Crippen molar-refractivity contribution in [1.82, 2.24) is 10.6 Å². The zero-order valence-electron chi connectivity index (χ0n) is 17.3. The van der Waals surface area contributed by atoms with Crippen LogP contribution < -0.4 is 10.6 Å². The van der Waals surface area contributed by atoms with Crippen molar-refractivity contribution in [3.05, 3.63) is 71.8 Å². The highest BCUT2D eigenvalue weighted by Crippen LogP contribution is 2.24. The summed E-state index contributed by atoms with van der Waals surface area (Å²) in [6.45, 7) is 3.66. The van der Waals surface area contributed by atoms with Gasteiger partial charge in [0.1, 0.15) is 6.04 Å². The molecule has 2 atom stereocenters. The lowest BCUT2D eigenvalue weighted by atomic mass is 10.0. The number of ether oxygens (including phenoxy) is 1. The van der Waals surface area contributed by atoms with E-state index in [-0.39, 0.29) is 30.2 Å². The molecule has 1 aliphatic rings. The molecule has 158 valence electrons. The van der Waals surface area contributed by atoms with Gasteiger partial charge in [-0.25, -0.2) is 4.79 Å². The fourth-order valence-corrected chi connectivity index (χ4v) is 3.10. The molecule has 0 bridgehead atoms. The second-order valence-corrected chi connectivity index (χ2v) is 7.96. The quantitative estimate of drug-likeness (QED) is 0.625. The number of hydrogen-bond donors (Lipinski definition) is 2. The van der Waals surface area contributed by atoms with Crippen LogP contribution in [-0.2, 0) is 25.5 Å². The largest absolute Gasteiger partial charge is 0.446 e. The van der Waals surface area contributed by atoms with Gasteiger partial charge in [0.25, 0.3) is 5.91 Å². The summed E-state index contributed by atoms with van der Waals surface area (Å²) in [5, 5.41) is 5.66. The minimum Gasteiger partial charge on any atom is -0.446 e. The van der Waals surface area contributed by atoms with Gasteiger partial charge in [-0.05, 0) is 24.3 Å². The summed E-state index contributed by atoms with van der Waals surface area (Å²) in [6.07, 6.45) is 0.991. The molecule has 3 rings (SSSR count). The van der Waals surface area contributed by atoms with E-state index in [4.69, 9.17) is 4.74 Å². The van der Waals surface area contributed by atoms with E-state index in [0.717, 1.165) is 18.4 Å². The first-order valence-corrected chi connectivity index (χ1v) is 10.3. The van der Waals surface area contributed by atoms with Crippen LogP contribution in [0, 0.1) is 5.92 Å². The topological polar surface area (TPSA) is 84.5 Å². The van der Waals surface area contributed by atoms with E-state index in [1.807, 2.05) is 50.2 Å². The van der Waals surface area contributed by atoms with Gasteiger partial charge >= 0.3 is 5.97 Å². The number of hydrogen-bond acceptors (Lipinski definition) is 4. The SMILES string of the molecule is CC(C)[C@H](NC(=O)Cc1ccccc1)C(=O)OC(C(=O)NC1CC1)c1ccccc1. The van der Waals surface area contributed by atoms with Crippen LogP contribution in [-0.4, -0.2) is 29.9 Å². The van der Waals surface area contributed by atoms with E-state index >= 15 is 0 Å². The first kappa shape index (κ1) is 21.6. The lowest BCUT2D eigenvalue weighted by Gasteiger charge is -2.24. The van der Waals surface area contributed by atoms with Gasteiger partial charge in [0.15, 0.2) is 0 Å². The fourth-order valence-electron chi connectivity index (χ4n) is 3.10. The second kappa shape index (κ2) is 10.1. The lowest BCUT2D eigenvalue weighted by Crippen LogP contribution is -2.47. The summed E-state index contributed by atoms with van der Waals surface area (Å²) in [5.74, 6) is -1.42. The Bertz CT molecular complexity index is 863. The van der Waals surface area contributed by atoms with Crippen molar-refractivity contribution < 1.29 is 19.1 Å². The number of nitrogens with one attached hydrogen (secondary N) is 2. The molecule has 2 aromatic carbocycles. The molecule has 1 aliphatic carbocycles. The molecule has 1 fully saturated rings. The molecule has 1 unspecified atom stereocenters. The summed E-state index contributed by atoms with van der Waals surface area (Å²) in [7, 11) is 0. The van der Waals surface area contributed by atoms with Crippen LogP contribution in [0.2, 0.25) is 0 Å². The van der Waals surface area contributed by atoms with E-state index in [2.05, 4.69) is 10.6 Å². The minimum absolute atomic E-state index is 0.147. The second-order valence-electron chi connectivity index (χ2n) is 7.96. The molecule has 0 spiro atoms. The summed E-state index contributed by atoms with van der Waals surface area (Å²) in [6, 6.07) is 17.5. The zero-order valence-corrected chi connectivity index (χ0v) is 17.3. The normalized spacial score (nSPS) is 15.2. The smallest absolute Gasteiger partial charge is 0.330 e. The molecule has 6 nitrogen and oxygen atoms in total. The molecule has 0 radical (unpaired) electrons. The maximum atomic E-state index is 12.9. The third kappa shape index (κ3) is 6.17. The monoisotopic (exact) mass is 408 g/mol. The number of carbonyl (C=O) groups excluding carboxylic acids is 3. The predicted molar refractivity (Wildman–Crippen MR) is 113 cm³/mol. The van der Waals surface area contributed by atoms with Crippen LogP contribution >= 0.6 is 0 Å². The molecule has 2 amide bonds. The Morgan fingerprint density at radius 1 is 0.967 bits per heavy atom. The van der Waals surface area contributed by atoms with Crippen molar-refractivity contribution in [2.45, 2.75) is 51.3 Å². The average Bonchev–Trinajstić information content (AvgIpc) is 3.55. The van der Waals surface area contributed by atoms with Gasteiger partial charge in [-0.3, -0.25) is 9.59 Å². The van der Waals surface area contributed by atoms with Crippen molar-refractivity contribution in [3.63, 3.8) is 0 Å². The van der Waals surface area contributed by atoms with Crippen molar-refractivity contribution in [2.75, 3.05) is 0 Å². The van der Waals surface area contributed by atoms with E-state index in [9.17, 15) is 14.4 Å². The molecule has 0 heterocycles. The van der Waals surface area contributed by atoms with Gasteiger partial charge in [0.2, 0.25) is 12.0 Å². The highest BCUT2D eigenvalue weighted by atomic mass is 16.5. The maximum absolute atomic E-state index is 12.9. The van der Waals surface area contributed by atoms with Crippen LogP contribution in [0.1, 0.15) is 43.9 Å². The fraction of sp³-hybridized carbons (Fsp3) is 0.375. The Morgan fingerprint density at radius 2 is 1.57 bits per heavy atom. The number of amides is 2. The summed E-state index contributed by atoms with van der Waals surface area (Å²) in [4.78, 5) is 38.1. The third-order valence-electron chi connectivity index (χ3n) is 4.94. The average molecular weight is 408 g/mol. The summed E-state index contributed by atoms with van der Waals surface area (Å²) >= 11 is 0. The van der Waals surface area contributed by atoms with Crippen molar-refractivity contribution >= 4 is 17.8 Å². The standard InChI is InChI=1S/C24H28N2O4/c1-16(2)21(26-20(27)15-17-9-5-3-6-10-17)24(29)30-22(18-11-7-4-8-12-18)23(28)25-19-13-14-19/h3-12,16,19,21-22H,13-15H2,1-2H3,(H,25,28)(H,26,27)/t21-,22?/m0/s1. The molecule has 1 saturated carbocycles. The molecule has 6 heteroatoms. The number of carbonyl (C=O) groups is 3. The van der Waals surface area contributed by atoms with Crippen LogP contribution in [0.5, 0.6) is 0 Å². The predicted octanol–water partition coefficient (Wildman–Crippen LogP) is 2.93. The van der Waals surface area contributed by atoms with Crippen LogP contribution in [0.25, 0.3) is 0 Å². The van der Waals surface area contributed by atoms with E-state index < -0.39 is 18.1 Å².